The van der Waals surface area contributed by atoms with Crippen LogP contribution in [0.5, 0.6) is 5.75 Å². The molecule has 22 heavy (non-hydrogen) atoms. The number of amides is 1. The minimum absolute atomic E-state index is 0.0288. The van der Waals surface area contributed by atoms with Crippen LogP contribution in [0.25, 0.3) is 0 Å². The van der Waals surface area contributed by atoms with Crippen LogP contribution in [0.3, 0.4) is 0 Å². The average molecular weight is 304 g/mol. The number of halogens is 1. The quantitative estimate of drug-likeness (QED) is 0.680. The van der Waals surface area contributed by atoms with E-state index >= 15 is 0 Å². The largest absolute Gasteiger partial charge is 0.496 e. The highest BCUT2D eigenvalue weighted by Crippen LogP contribution is 2.20. The minimum atomic E-state index is -0.575. The van der Waals surface area contributed by atoms with Crippen molar-refractivity contribution in [3.63, 3.8) is 0 Å². The van der Waals surface area contributed by atoms with Gasteiger partial charge in [-0.05, 0) is 18.2 Å². The first-order valence-electron chi connectivity index (χ1n) is 6.37. The van der Waals surface area contributed by atoms with Crippen LogP contribution in [0.15, 0.2) is 42.5 Å². The zero-order valence-corrected chi connectivity index (χ0v) is 11.7. The molecule has 2 aromatic rings. The third-order valence-electron chi connectivity index (χ3n) is 3.03. The third kappa shape index (κ3) is 3.38. The van der Waals surface area contributed by atoms with Crippen molar-refractivity contribution in [1.82, 2.24) is 5.32 Å². The first-order chi connectivity index (χ1) is 10.5. The van der Waals surface area contributed by atoms with Crippen molar-refractivity contribution >= 4 is 11.6 Å². The lowest BCUT2D eigenvalue weighted by molar-refractivity contribution is -0.385. The second kappa shape index (κ2) is 6.66. The van der Waals surface area contributed by atoms with Crippen LogP contribution < -0.4 is 10.1 Å². The number of methoxy groups -OCH3 is 1. The molecule has 0 spiro atoms. The van der Waals surface area contributed by atoms with E-state index in [0.717, 1.165) is 6.07 Å². The van der Waals surface area contributed by atoms with Crippen LogP contribution in [0, 0.1) is 15.9 Å². The number of nitrogens with zero attached hydrogens (tertiary/aromatic N) is 1. The smallest absolute Gasteiger partial charge is 0.274 e. The van der Waals surface area contributed by atoms with Crippen LogP contribution in [0.4, 0.5) is 10.1 Å². The molecular weight excluding hydrogens is 291 g/mol. The maximum Gasteiger partial charge on any atom is 0.274 e. The van der Waals surface area contributed by atoms with E-state index in [0.29, 0.717) is 5.56 Å². The maximum absolute atomic E-state index is 13.3. The number of carbonyl (C=O) groups is 1. The highest BCUT2D eigenvalue weighted by molar-refractivity contribution is 5.96. The topological polar surface area (TPSA) is 81.5 Å². The predicted octanol–water partition coefficient (Wildman–Crippen LogP) is 2.67. The Morgan fingerprint density at radius 2 is 2.05 bits per heavy atom. The van der Waals surface area contributed by atoms with Crippen molar-refractivity contribution in [3.8, 4) is 5.75 Å². The van der Waals surface area contributed by atoms with E-state index in [1.165, 1.54) is 25.3 Å². The molecule has 0 radical (unpaired) electrons. The standard InChI is InChI=1S/C15H13FN2O4/c1-22-14-7-6-11(16)8-12(14)15(19)17-9-10-4-2-3-5-13(10)18(20)21/h2-8H,9H2,1H3,(H,17,19). The summed E-state index contributed by atoms with van der Waals surface area (Å²) < 4.78 is 18.3. The number of carbonyl (C=O) groups excluding carboxylic acids is 1. The van der Waals surface area contributed by atoms with Crippen LogP contribution in [-0.2, 0) is 6.54 Å². The highest BCUT2D eigenvalue weighted by Gasteiger charge is 2.16. The number of benzene rings is 2. The first-order valence-corrected chi connectivity index (χ1v) is 6.37. The average Bonchev–Trinajstić information content (AvgIpc) is 2.52. The number of hydrogen-bond donors (Lipinski definition) is 1. The predicted molar refractivity (Wildman–Crippen MR) is 77.2 cm³/mol. The van der Waals surface area contributed by atoms with Crippen LogP contribution in [0.1, 0.15) is 15.9 Å². The summed E-state index contributed by atoms with van der Waals surface area (Å²) in [6.45, 7) is -0.0460. The molecule has 7 heteroatoms. The van der Waals surface area contributed by atoms with Gasteiger partial charge in [0.2, 0.25) is 0 Å². The van der Waals surface area contributed by atoms with E-state index in [4.69, 9.17) is 4.74 Å². The molecule has 0 heterocycles. The zero-order valence-electron chi connectivity index (χ0n) is 11.7. The summed E-state index contributed by atoms with van der Waals surface area (Å²) in [5.74, 6) is -0.924. The Balaban J connectivity index is 2.17. The van der Waals surface area contributed by atoms with Crippen LogP contribution in [-0.4, -0.2) is 17.9 Å². The van der Waals surface area contributed by atoms with E-state index in [2.05, 4.69) is 5.32 Å². The van der Waals surface area contributed by atoms with Gasteiger partial charge in [-0.2, -0.15) is 0 Å². The van der Waals surface area contributed by atoms with Crippen molar-refractivity contribution in [2.24, 2.45) is 0 Å². The molecule has 0 saturated heterocycles. The highest BCUT2D eigenvalue weighted by atomic mass is 19.1. The summed E-state index contributed by atoms with van der Waals surface area (Å²) in [5.41, 5.74) is 0.298. The van der Waals surface area contributed by atoms with Gasteiger partial charge in [-0.25, -0.2) is 4.39 Å². The maximum atomic E-state index is 13.3. The molecule has 0 aliphatic heterocycles. The van der Waals surface area contributed by atoms with Crippen molar-refractivity contribution in [3.05, 3.63) is 69.5 Å². The molecule has 0 atom stereocenters. The van der Waals surface area contributed by atoms with Crippen molar-refractivity contribution in [2.45, 2.75) is 6.54 Å². The molecule has 0 bridgehead atoms. The molecule has 0 aliphatic rings. The monoisotopic (exact) mass is 304 g/mol. The lowest BCUT2D eigenvalue weighted by Crippen LogP contribution is -2.24. The van der Waals surface area contributed by atoms with Crippen LogP contribution in [0.2, 0.25) is 0 Å². The molecule has 0 fully saturated rings. The Hall–Kier alpha value is -2.96. The number of nitrogens with one attached hydrogen (secondary N) is 1. The summed E-state index contributed by atoms with van der Waals surface area (Å²) in [6.07, 6.45) is 0. The molecule has 0 aromatic heterocycles. The fraction of sp³-hybridized carbons (Fsp3) is 0.133. The zero-order chi connectivity index (χ0) is 16.1. The number of nitro groups is 1. The molecule has 2 aromatic carbocycles. The fourth-order valence-corrected chi connectivity index (χ4v) is 1.97. The van der Waals surface area contributed by atoms with E-state index in [-0.39, 0.29) is 23.5 Å². The molecule has 0 unspecified atom stereocenters. The Morgan fingerprint density at radius 3 is 2.73 bits per heavy atom. The molecule has 2 rings (SSSR count). The summed E-state index contributed by atoms with van der Waals surface area (Å²) in [5, 5.41) is 13.4. The Labute approximate surface area is 125 Å². The Kier molecular flexibility index (Phi) is 4.67. The van der Waals surface area contributed by atoms with Crippen LogP contribution >= 0.6 is 0 Å². The number of ether oxygens (including phenoxy) is 1. The van der Waals surface area contributed by atoms with Crippen molar-refractivity contribution in [1.29, 1.82) is 0 Å². The molecule has 0 saturated carbocycles. The van der Waals surface area contributed by atoms with Gasteiger partial charge >= 0.3 is 0 Å². The Morgan fingerprint density at radius 1 is 1.32 bits per heavy atom. The van der Waals surface area contributed by atoms with E-state index < -0.39 is 16.6 Å². The second-order valence-corrected chi connectivity index (χ2v) is 4.41. The number of para-hydroxylation sites is 1. The number of rotatable bonds is 5. The third-order valence-corrected chi connectivity index (χ3v) is 3.03. The van der Waals surface area contributed by atoms with Gasteiger partial charge in [0.05, 0.1) is 17.6 Å². The fourth-order valence-electron chi connectivity index (χ4n) is 1.97. The molecule has 1 amide bonds. The summed E-state index contributed by atoms with van der Waals surface area (Å²) >= 11 is 0. The van der Waals surface area contributed by atoms with E-state index in [1.807, 2.05) is 0 Å². The van der Waals surface area contributed by atoms with Gasteiger partial charge in [0.1, 0.15) is 11.6 Å². The van der Waals surface area contributed by atoms with Gasteiger partial charge in [-0.1, -0.05) is 18.2 Å². The van der Waals surface area contributed by atoms with Gasteiger partial charge in [-0.15, -0.1) is 0 Å². The van der Waals surface area contributed by atoms with Gasteiger partial charge < -0.3 is 10.1 Å². The number of hydrogen-bond acceptors (Lipinski definition) is 4. The van der Waals surface area contributed by atoms with E-state index in [9.17, 15) is 19.3 Å². The molecule has 6 nitrogen and oxygen atoms in total. The summed E-state index contributed by atoms with van der Waals surface area (Å²) in [6, 6.07) is 9.64. The van der Waals surface area contributed by atoms with Gasteiger partial charge in [0.25, 0.3) is 11.6 Å². The summed E-state index contributed by atoms with van der Waals surface area (Å²) in [7, 11) is 1.37. The van der Waals surface area contributed by atoms with Gasteiger partial charge in [0, 0.05) is 18.2 Å². The molecule has 114 valence electrons. The molecule has 0 aliphatic carbocycles. The van der Waals surface area contributed by atoms with Gasteiger partial charge in [0.15, 0.2) is 0 Å². The van der Waals surface area contributed by atoms with Crippen molar-refractivity contribution < 1.29 is 18.8 Å². The minimum Gasteiger partial charge on any atom is -0.496 e. The number of nitro benzene ring substituents is 1. The van der Waals surface area contributed by atoms with Gasteiger partial charge in [-0.3, -0.25) is 14.9 Å². The SMILES string of the molecule is COc1ccc(F)cc1C(=O)NCc1ccccc1[N+](=O)[O-]. The second-order valence-electron chi connectivity index (χ2n) is 4.41. The lowest BCUT2D eigenvalue weighted by Gasteiger charge is -2.09. The van der Waals surface area contributed by atoms with Crippen molar-refractivity contribution in [2.75, 3.05) is 7.11 Å². The molecule has 1 N–H and O–H groups in total. The normalized spacial score (nSPS) is 10.1. The first kappa shape index (κ1) is 15.4. The summed E-state index contributed by atoms with van der Waals surface area (Å²) in [4.78, 5) is 22.5. The Bertz CT molecular complexity index is 718. The van der Waals surface area contributed by atoms with E-state index in [1.54, 1.807) is 18.2 Å². The molecular formula is C15H13FN2O4. The lowest BCUT2D eigenvalue weighted by atomic mass is 10.1.